The number of thiophene rings is 1. The number of rotatable bonds is 7. The summed E-state index contributed by atoms with van der Waals surface area (Å²) in [5.74, 6) is 0. The topological polar surface area (TPSA) is 29.5 Å². The Morgan fingerprint density at radius 1 is 1.26 bits per heavy atom. The Hall–Kier alpha value is -0.900. The van der Waals surface area contributed by atoms with Crippen LogP contribution in [0.4, 0.5) is 0 Å². The fraction of sp³-hybridized carbons (Fsp3) is 0.500. The highest BCUT2D eigenvalue weighted by Crippen LogP contribution is 2.27. The van der Waals surface area contributed by atoms with Crippen LogP contribution in [0, 0.1) is 0 Å². The smallest absolute Gasteiger partial charge is 0.0842 e. The van der Waals surface area contributed by atoms with Crippen LogP contribution in [0.25, 0.3) is 10.1 Å². The van der Waals surface area contributed by atoms with Crippen LogP contribution < -0.4 is 0 Å². The molecule has 2 atom stereocenters. The van der Waals surface area contributed by atoms with E-state index in [9.17, 15) is 5.11 Å². The first-order valence-electron chi connectivity index (χ1n) is 7.01. The predicted molar refractivity (Wildman–Crippen MR) is 81.9 cm³/mol. The first-order valence-corrected chi connectivity index (χ1v) is 7.89. The molecule has 0 bridgehead atoms. The number of aliphatic hydroxyl groups excluding tert-OH is 1. The summed E-state index contributed by atoms with van der Waals surface area (Å²) in [6.45, 7) is 4.76. The van der Waals surface area contributed by atoms with Gasteiger partial charge in [-0.15, -0.1) is 11.3 Å². The molecule has 1 aromatic carbocycles. The van der Waals surface area contributed by atoms with Crippen LogP contribution in [0.5, 0.6) is 0 Å². The van der Waals surface area contributed by atoms with E-state index in [0.29, 0.717) is 13.0 Å². The SMILES string of the molecule is CCCC(OCC)C(O)Cc1csc2ccccc12. The van der Waals surface area contributed by atoms with Gasteiger partial charge in [-0.2, -0.15) is 0 Å². The van der Waals surface area contributed by atoms with Crippen molar-refractivity contribution in [2.75, 3.05) is 6.61 Å². The van der Waals surface area contributed by atoms with Crippen molar-refractivity contribution in [2.45, 2.75) is 45.3 Å². The minimum absolute atomic E-state index is 0.0475. The molecule has 0 spiro atoms. The molecule has 2 nitrogen and oxygen atoms in total. The number of hydrogen-bond donors (Lipinski definition) is 1. The van der Waals surface area contributed by atoms with Gasteiger partial charge in [0, 0.05) is 17.7 Å². The zero-order chi connectivity index (χ0) is 13.7. The molecule has 1 aromatic heterocycles. The average Bonchev–Trinajstić information content (AvgIpc) is 2.82. The maximum atomic E-state index is 10.4. The lowest BCUT2D eigenvalue weighted by molar-refractivity contribution is -0.0362. The second-order valence-corrected chi connectivity index (χ2v) is 5.72. The first kappa shape index (κ1) is 14.5. The Bertz CT molecular complexity index is 500. The van der Waals surface area contributed by atoms with Crippen molar-refractivity contribution in [3.05, 3.63) is 35.2 Å². The van der Waals surface area contributed by atoms with Crippen LogP contribution in [0.1, 0.15) is 32.3 Å². The van der Waals surface area contributed by atoms with Crippen molar-refractivity contribution < 1.29 is 9.84 Å². The molecular weight excluding hydrogens is 256 g/mol. The van der Waals surface area contributed by atoms with Gasteiger partial charge < -0.3 is 9.84 Å². The third kappa shape index (κ3) is 3.56. The molecule has 0 saturated heterocycles. The van der Waals surface area contributed by atoms with Crippen LogP contribution in [-0.4, -0.2) is 23.9 Å². The third-order valence-electron chi connectivity index (χ3n) is 3.37. The number of fused-ring (bicyclic) bond motifs is 1. The van der Waals surface area contributed by atoms with Gasteiger partial charge in [-0.3, -0.25) is 0 Å². The standard InChI is InChI=1S/C16H22O2S/c1-3-7-15(18-4-2)14(17)10-12-11-19-16-9-6-5-8-13(12)16/h5-6,8-9,11,14-15,17H,3-4,7,10H2,1-2H3. The summed E-state index contributed by atoms with van der Waals surface area (Å²) in [7, 11) is 0. The minimum atomic E-state index is -0.419. The van der Waals surface area contributed by atoms with Crippen LogP contribution in [0.2, 0.25) is 0 Å². The molecule has 0 aliphatic carbocycles. The summed E-state index contributed by atoms with van der Waals surface area (Å²) in [5, 5.41) is 13.8. The molecule has 104 valence electrons. The lowest BCUT2D eigenvalue weighted by Crippen LogP contribution is -2.30. The minimum Gasteiger partial charge on any atom is -0.390 e. The maximum Gasteiger partial charge on any atom is 0.0842 e. The molecule has 19 heavy (non-hydrogen) atoms. The summed E-state index contributed by atoms with van der Waals surface area (Å²) < 4.78 is 6.94. The largest absolute Gasteiger partial charge is 0.390 e. The van der Waals surface area contributed by atoms with Gasteiger partial charge >= 0.3 is 0 Å². The Kier molecular flexibility index (Phi) is 5.37. The maximum absolute atomic E-state index is 10.4. The van der Waals surface area contributed by atoms with E-state index >= 15 is 0 Å². The molecule has 3 heteroatoms. The van der Waals surface area contributed by atoms with Gasteiger partial charge in [-0.25, -0.2) is 0 Å². The number of benzene rings is 1. The third-order valence-corrected chi connectivity index (χ3v) is 4.39. The summed E-state index contributed by atoms with van der Waals surface area (Å²) >= 11 is 1.74. The zero-order valence-electron chi connectivity index (χ0n) is 11.6. The Balaban J connectivity index is 2.10. The van der Waals surface area contributed by atoms with Crippen molar-refractivity contribution in [1.29, 1.82) is 0 Å². The predicted octanol–water partition coefficient (Wildman–Crippen LogP) is 4.01. The van der Waals surface area contributed by atoms with Gasteiger partial charge in [0.2, 0.25) is 0 Å². The monoisotopic (exact) mass is 278 g/mol. The van der Waals surface area contributed by atoms with E-state index < -0.39 is 6.10 Å². The second kappa shape index (κ2) is 7.04. The molecule has 0 saturated carbocycles. The Morgan fingerprint density at radius 3 is 2.79 bits per heavy atom. The normalized spacial score (nSPS) is 14.7. The summed E-state index contributed by atoms with van der Waals surface area (Å²) in [6.07, 6.45) is 2.16. The number of hydrogen-bond acceptors (Lipinski definition) is 3. The molecule has 2 rings (SSSR count). The van der Waals surface area contributed by atoms with Crippen molar-refractivity contribution in [3.63, 3.8) is 0 Å². The van der Waals surface area contributed by atoms with Crippen LogP contribution in [-0.2, 0) is 11.2 Å². The van der Waals surface area contributed by atoms with E-state index in [0.717, 1.165) is 12.8 Å². The van der Waals surface area contributed by atoms with Gasteiger partial charge in [0.05, 0.1) is 12.2 Å². The first-order chi connectivity index (χ1) is 9.26. The van der Waals surface area contributed by atoms with Gasteiger partial charge in [-0.1, -0.05) is 31.5 Å². The molecule has 1 N–H and O–H groups in total. The van der Waals surface area contributed by atoms with Crippen molar-refractivity contribution in [2.24, 2.45) is 0 Å². The summed E-state index contributed by atoms with van der Waals surface area (Å²) in [4.78, 5) is 0. The van der Waals surface area contributed by atoms with E-state index in [1.807, 2.05) is 6.92 Å². The van der Waals surface area contributed by atoms with E-state index in [2.05, 4.69) is 36.6 Å². The highest BCUT2D eigenvalue weighted by Gasteiger charge is 2.20. The van der Waals surface area contributed by atoms with Gasteiger partial charge in [0.1, 0.15) is 0 Å². The van der Waals surface area contributed by atoms with Crippen molar-refractivity contribution in [1.82, 2.24) is 0 Å². The fourth-order valence-corrected chi connectivity index (χ4v) is 3.41. The van der Waals surface area contributed by atoms with E-state index in [1.165, 1.54) is 15.6 Å². The lowest BCUT2D eigenvalue weighted by Gasteiger charge is -2.22. The average molecular weight is 278 g/mol. The molecule has 2 unspecified atom stereocenters. The van der Waals surface area contributed by atoms with E-state index in [-0.39, 0.29) is 6.10 Å². The number of aliphatic hydroxyl groups is 1. The Morgan fingerprint density at radius 2 is 2.05 bits per heavy atom. The van der Waals surface area contributed by atoms with E-state index in [4.69, 9.17) is 4.74 Å². The highest BCUT2D eigenvalue weighted by atomic mass is 32.1. The van der Waals surface area contributed by atoms with Crippen LogP contribution in [0.3, 0.4) is 0 Å². The van der Waals surface area contributed by atoms with Crippen molar-refractivity contribution >= 4 is 21.4 Å². The van der Waals surface area contributed by atoms with E-state index in [1.54, 1.807) is 11.3 Å². The number of ether oxygens (including phenoxy) is 1. The van der Waals surface area contributed by atoms with Gasteiger partial charge in [-0.05, 0) is 35.7 Å². The van der Waals surface area contributed by atoms with Crippen LogP contribution >= 0.6 is 11.3 Å². The molecular formula is C16H22O2S. The van der Waals surface area contributed by atoms with Gasteiger partial charge in [0.15, 0.2) is 0 Å². The molecule has 0 radical (unpaired) electrons. The molecule has 1 heterocycles. The summed E-state index contributed by atoms with van der Waals surface area (Å²) in [6, 6.07) is 8.36. The molecule has 0 amide bonds. The summed E-state index contributed by atoms with van der Waals surface area (Å²) in [5.41, 5.74) is 1.23. The van der Waals surface area contributed by atoms with Crippen molar-refractivity contribution in [3.8, 4) is 0 Å². The fourth-order valence-electron chi connectivity index (χ4n) is 2.43. The highest BCUT2D eigenvalue weighted by molar-refractivity contribution is 7.17. The second-order valence-electron chi connectivity index (χ2n) is 4.81. The quantitative estimate of drug-likeness (QED) is 0.829. The molecule has 2 aromatic rings. The van der Waals surface area contributed by atoms with Gasteiger partial charge in [0.25, 0.3) is 0 Å². The lowest BCUT2D eigenvalue weighted by atomic mass is 10.0. The Labute approximate surface area is 119 Å². The molecule has 0 aliphatic heterocycles. The zero-order valence-corrected chi connectivity index (χ0v) is 12.5. The molecule has 0 aliphatic rings. The van der Waals surface area contributed by atoms with Crippen LogP contribution in [0.15, 0.2) is 29.6 Å². The molecule has 0 fully saturated rings.